The second-order valence-corrected chi connectivity index (χ2v) is 10.5. The minimum atomic E-state index is -2.93. The van der Waals surface area contributed by atoms with Gasteiger partial charge in [0.15, 0.2) is 0 Å². The maximum absolute atomic E-state index is 13.1. The first-order chi connectivity index (χ1) is 12.8. The number of carbonyl (C=O) groups excluding carboxylic acids is 2. The van der Waals surface area contributed by atoms with Crippen molar-refractivity contribution in [2.45, 2.75) is 65.2 Å². The molecule has 4 nitrogen and oxygen atoms in total. The van der Waals surface area contributed by atoms with Gasteiger partial charge in [0, 0.05) is 12.8 Å². The van der Waals surface area contributed by atoms with Crippen LogP contribution < -0.4 is 0 Å². The first-order valence-electron chi connectivity index (χ1n) is 10.1. The van der Waals surface area contributed by atoms with Gasteiger partial charge >= 0.3 is 0 Å². The molecule has 1 saturated heterocycles. The van der Waals surface area contributed by atoms with Crippen LogP contribution in [0.15, 0.2) is 12.1 Å². The van der Waals surface area contributed by atoms with E-state index in [2.05, 4.69) is 32.9 Å². The van der Waals surface area contributed by atoms with E-state index >= 15 is 0 Å². The van der Waals surface area contributed by atoms with E-state index in [0.717, 1.165) is 29.5 Å². The molecule has 148 valence electrons. The topological polar surface area (TPSA) is 68.3 Å². The minimum absolute atomic E-state index is 0.0114. The van der Waals surface area contributed by atoms with Crippen molar-refractivity contribution in [3.05, 3.63) is 34.4 Å². The third kappa shape index (κ3) is 4.18. The first kappa shape index (κ1) is 20.2. The molecule has 3 rings (SSSR count). The van der Waals surface area contributed by atoms with Gasteiger partial charge in [-0.25, -0.2) is 8.42 Å². The molecule has 2 aliphatic rings. The summed E-state index contributed by atoms with van der Waals surface area (Å²) in [5.41, 5.74) is 4.34. The average Bonchev–Trinajstić information content (AvgIpc) is 2.61. The molecule has 0 radical (unpaired) electrons. The van der Waals surface area contributed by atoms with Crippen LogP contribution in [-0.4, -0.2) is 31.5 Å². The van der Waals surface area contributed by atoms with Crippen LogP contribution in [0.3, 0.4) is 0 Å². The third-order valence-corrected chi connectivity index (χ3v) is 8.10. The maximum atomic E-state index is 13.1. The molecule has 1 aromatic carbocycles. The van der Waals surface area contributed by atoms with Gasteiger partial charge in [0.2, 0.25) is 0 Å². The molecule has 1 aliphatic carbocycles. The number of carbonyl (C=O) groups is 2. The van der Waals surface area contributed by atoms with Gasteiger partial charge in [0.05, 0.1) is 11.5 Å². The van der Waals surface area contributed by atoms with E-state index in [1.165, 1.54) is 5.56 Å². The Morgan fingerprint density at radius 3 is 1.81 bits per heavy atom. The lowest BCUT2D eigenvalue weighted by molar-refractivity contribution is -0.134. The zero-order chi connectivity index (χ0) is 19.8. The van der Waals surface area contributed by atoms with Gasteiger partial charge in [-0.2, -0.15) is 0 Å². The number of aryl methyl sites for hydroxylation is 3. The Kier molecular flexibility index (Phi) is 5.90. The van der Waals surface area contributed by atoms with Crippen LogP contribution in [0.1, 0.15) is 67.7 Å². The fourth-order valence-corrected chi connectivity index (χ4v) is 6.48. The second kappa shape index (κ2) is 7.86. The van der Waals surface area contributed by atoms with Gasteiger partial charge in [0.25, 0.3) is 0 Å². The molecule has 27 heavy (non-hydrogen) atoms. The second-order valence-electron chi connectivity index (χ2n) is 8.23. The highest BCUT2D eigenvalue weighted by atomic mass is 32.2. The van der Waals surface area contributed by atoms with Crippen LogP contribution in [0.25, 0.3) is 0 Å². The lowest BCUT2D eigenvalue weighted by Crippen LogP contribution is -2.38. The number of rotatable bonds is 4. The fraction of sp³-hybridized carbons (Fsp3) is 0.636. The van der Waals surface area contributed by atoms with E-state index in [1.54, 1.807) is 0 Å². The van der Waals surface area contributed by atoms with Crippen LogP contribution in [-0.2, 0) is 32.3 Å². The number of hydrogen-bond donors (Lipinski definition) is 0. The predicted molar refractivity (Wildman–Crippen MR) is 107 cm³/mol. The molecule has 1 aromatic rings. The molecular weight excluding hydrogens is 360 g/mol. The van der Waals surface area contributed by atoms with Crippen LogP contribution >= 0.6 is 0 Å². The summed E-state index contributed by atoms with van der Waals surface area (Å²) in [5.74, 6) is -0.000477. The Hall–Kier alpha value is -1.49. The van der Waals surface area contributed by atoms with Gasteiger partial charge in [0.1, 0.15) is 27.3 Å². The summed E-state index contributed by atoms with van der Waals surface area (Å²) >= 11 is 0. The molecule has 2 fully saturated rings. The van der Waals surface area contributed by atoms with Gasteiger partial charge < -0.3 is 0 Å². The smallest absolute Gasteiger partial charge is 0.150 e. The van der Waals surface area contributed by atoms with E-state index < -0.39 is 15.8 Å². The van der Waals surface area contributed by atoms with Crippen LogP contribution in [0, 0.1) is 18.8 Å². The van der Waals surface area contributed by atoms with Crippen molar-refractivity contribution in [1.82, 2.24) is 0 Å². The molecule has 5 heteroatoms. The Bertz CT molecular complexity index is 796. The van der Waals surface area contributed by atoms with Crippen molar-refractivity contribution in [2.24, 2.45) is 11.8 Å². The fourth-order valence-electron chi connectivity index (χ4n) is 4.95. The van der Waals surface area contributed by atoms with Crippen molar-refractivity contribution in [3.8, 4) is 0 Å². The molecule has 0 aromatic heterocycles. The van der Waals surface area contributed by atoms with E-state index in [4.69, 9.17) is 0 Å². The third-order valence-electron chi connectivity index (χ3n) is 6.38. The van der Waals surface area contributed by atoms with E-state index in [0.29, 0.717) is 25.7 Å². The van der Waals surface area contributed by atoms with E-state index in [9.17, 15) is 18.0 Å². The highest BCUT2D eigenvalue weighted by Crippen LogP contribution is 2.40. The molecule has 1 heterocycles. The summed E-state index contributed by atoms with van der Waals surface area (Å²) in [6.45, 7) is 6.20. The number of ketones is 2. The number of sulfone groups is 1. The molecule has 1 saturated carbocycles. The Labute approximate surface area is 162 Å². The highest BCUT2D eigenvalue weighted by molar-refractivity contribution is 7.91. The molecule has 0 atom stereocenters. The minimum Gasteiger partial charge on any atom is -0.299 e. The summed E-state index contributed by atoms with van der Waals surface area (Å²) < 4.78 is 23.4. The molecule has 0 unspecified atom stereocenters. The number of Topliss-reactive ketones (excluding diaryl/α,β-unsaturated/α-hetero) is 2. The highest BCUT2D eigenvalue weighted by Gasteiger charge is 2.42. The van der Waals surface area contributed by atoms with Crippen molar-refractivity contribution < 1.29 is 18.0 Å². The van der Waals surface area contributed by atoms with Gasteiger partial charge in [-0.15, -0.1) is 0 Å². The summed E-state index contributed by atoms with van der Waals surface area (Å²) in [4.78, 5) is 26.1. The Morgan fingerprint density at radius 2 is 1.37 bits per heavy atom. The van der Waals surface area contributed by atoms with Crippen molar-refractivity contribution >= 4 is 21.4 Å². The standard InChI is InChI=1S/C22H30O4S/c1-4-15-10-14(3)11-16(5-2)21(15)22-19(23)12-18(13-20(22)24)17-6-8-27(25,26)9-7-17/h10-11,17-18,22H,4-9,12-13H2,1-3H3. The normalized spacial score (nSPS) is 26.3. The number of hydrogen-bond acceptors (Lipinski definition) is 4. The number of benzene rings is 1. The van der Waals surface area contributed by atoms with Crippen LogP contribution in [0.2, 0.25) is 0 Å². The summed E-state index contributed by atoms with van der Waals surface area (Å²) in [5, 5.41) is 0. The summed E-state index contributed by atoms with van der Waals surface area (Å²) in [7, 11) is -2.93. The zero-order valence-corrected chi connectivity index (χ0v) is 17.4. The van der Waals surface area contributed by atoms with Crippen LogP contribution in [0.4, 0.5) is 0 Å². The lowest BCUT2D eigenvalue weighted by Gasteiger charge is -2.35. The first-order valence-corrected chi connectivity index (χ1v) is 12.0. The monoisotopic (exact) mass is 390 g/mol. The Morgan fingerprint density at radius 1 is 0.889 bits per heavy atom. The molecule has 0 amide bonds. The molecular formula is C22H30O4S. The largest absolute Gasteiger partial charge is 0.299 e. The molecule has 0 bridgehead atoms. The zero-order valence-electron chi connectivity index (χ0n) is 16.6. The Balaban J connectivity index is 1.85. The SMILES string of the molecule is CCc1cc(C)cc(CC)c1C1C(=O)CC(C2CCS(=O)(=O)CC2)CC1=O. The summed E-state index contributed by atoms with van der Waals surface area (Å²) in [6, 6.07) is 4.21. The van der Waals surface area contributed by atoms with Crippen molar-refractivity contribution in [1.29, 1.82) is 0 Å². The molecule has 0 N–H and O–H groups in total. The van der Waals surface area contributed by atoms with Crippen molar-refractivity contribution in [2.75, 3.05) is 11.5 Å². The van der Waals surface area contributed by atoms with E-state index in [1.807, 2.05) is 0 Å². The van der Waals surface area contributed by atoms with Gasteiger partial charge in [-0.1, -0.05) is 31.5 Å². The quantitative estimate of drug-likeness (QED) is 0.737. The lowest BCUT2D eigenvalue weighted by atomic mass is 9.69. The van der Waals surface area contributed by atoms with Gasteiger partial charge in [-0.05, 0) is 61.1 Å². The van der Waals surface area contributed by atoms with Crippen molar-refractivity contribution in [3.63, 3.8) is 0 Å². The average molecular weight is 391 g/mol. The molecule has 1 aliphatic heterocycles. The van der Waals surface area contributed by atoms with Gasteiger partial charge in [-0.3, -0.25) is 9.59 Å². The predicted octanol–water partition coefficient (Wildman–Crippen LogP) is 3.58. The maximum Gasteiger partial charge on any atom is 0.150 e. The van der Waals surface area contributed by atoms with Crippen LogP contribution in [0.5, 0.6) is 0 Å². The summed E-state index contributed by atoms with van der Waals surface area (Å²) in [6.07, 6.45) is 3.60. The molecule has 0 spiro atoms. The van der Waals surface area contributed by atoms with E-state index in [-0.39, 0.29) is 34.9 Å².